The Bertz CT molecular complexity index is 484. The largest absolute Gasteiger partial charge is 0.350 e. The second-order valence-corrected chi connectivity index (χ2v) is 6.33. The maximum Gasteiger partial charge on any atom is 0.254 e. The van der Waals surface area contributed by atoms with Crippen LogP contribution in [0, 0.1) is 5.41 Å². The van der Waals surface area contributed by atoms with Crippen LogP contribution >= 0.6 is 12.4 Å². The van der Waals surface area contributed by atoms with Gasteiger partial charge in [0, 0.05) is 25.8 Å². The molecule has 1 fully saturated rings. The van der Waals surface area contributed by atoms with Gasteiger partial charge >= 0.3 is 0 Å². The van der Waals surface area contributed by atoms with Crippen LogP contribution in [0.5, 0.6) is 0 Å². The molecule has 1 unspecified atom stereocenters. The van der Waals surface area contributed by atoms with Gasteiger partial charge in [0.2, 0.25) is 0 Å². The molecular weight excluding hydrogens is 288 g/mol. The van der Waals surface area contributed by atoms with Gasteiger partial charge in [0.25, 0.3) is 5.91 Å². The Kier molecular flexibility index (Phi) is 6.23. The van der Waals surface area contributed by atoms with E-state index >= 15 is 0 Å². The van der Waals surface area contributed by atoms with Gasteiger partial charge in [-0.1, -0.05) is 20.8 Å². The molecule has 2 N–H and O–H groups in total. The number of hydrogen-bond acceptors (Lipinski definition) is 3. The highest BCUT2D eigenvalue weighted by Gasteiger charge is 2.32. The van der Waals surface area contributed by atoms with Crippen LogP contribution in [0.15, 0.2) is 6.20 Å². The number of nitrogens with zero attached hydrogens (tertiary/aromatic N) is 2. The Morgan fingerprint density at radius 2 is 2.29 bits per heavy atom. The molecule has 2 heterocycles. The predicted molar refractivity (Wildman–Crippen MR) is 87.0 cm³/mol. The third kappa shape index (κ3) is 4.20. The van der Waals surface area contributed by atoms with Gasteiger partial charge in [-0.3, -0.25) is 9.48 Å². The van der Waals surface area contributed by atoms with E-state index in [0.29, 0.717) is 18.2 Å². The monoisotopic (exact) mass is 314 g/mol. The molecule has 1 saturated heterocycles. The topological polar surface area (TPSA) is 59.0 Å². The molecule has 2 rings (SSSR count). The average Bonchev–Trinajstić information content (AvgIpc) is 2.78. The van der Waals surface area contributed by atoms with E-state index < -0.39 is 0 Å². The number of piperidine rings is 1. The first-order chi connectivity index (χ1) is 9.44. The number of hydrogen-bond donors (Lipinski definition) is 2. The Balaban J connectivity index is 0.00000220. The van der Waals surface area contributed by atoms with E-state index in [4.69, 9.17) is 0 Å². The van der Waals surface area contributed by atoms with Gasteiger partial charge in [0.1, 0.15) is 0 Å². The molecule has 21 heavy (non-hydrogen) atoms. The average molecular weight is 315 g/mol. The van der Waals surface area contributed by atoms with Gasteiger partial charge in [-0.25, -0.2) is 0 Å². The Labute approximate surface area is 133 Å². The Morgan fingerprint density at radius 1 is 1.57 bits per heavy atom. The summed E-state index contributed by atoms with van der Waals surface area (Å²) in [6.07, 6.45) is 4.98. The zero-order valence-electron chi connectivity index (χ0n) is 13.4. The summed E-state index contributed by atoms with van der Waals surface area (Å²) in [4.78, 5) is 12.3. The minimum Gasteiger partial charge on any atom is -0.350 e. The molecule has 5 nitrogen and oxygen atoms in total. The molecule has 0 aromatic carbocycles. The summed E-state index contributed by atoms with van der Waals surface area (Å²) in [5.41, 5.74) is 1.79. The minimum atomic E-state index is -0.0156. The van der Waals surface area contributed by atoms with E-state index in [1.54, 1.807) is 10.9 Å². The van der Waals surface area contributed by atoms with Gasteiger partial charge in [-0.2, -0.15) is 5.10 Å². The first kappa shape index (κ1) is 18.0. The van der Waals surface area contributed by atoms with E-state index in [1.165, 1.54) is 12.8 Å². The van der Waals surface area contributed by atoms with Crippen molar-refractivity contribution < 1.29 is 4.79 Å². The van der Waals surface area contributed by atoms with Crippen LogP contribution in [-0.4, -0.2) is 34.8 Å². The van der Waals surface area contributed by atoms with E-state index in [-0.39, 0.29) is 23.7 Å². The van der Waals surface area contributed by atoms with Crippen molar-refractivity contribution in [3.05, 3.63) is 17.5 Å². The third-order valence-electron chi connectivity index (χ3n) is 4.28. The minimum absolute atomic E-state index is 0. The summed E-state index contributed by atoms with van der Waals surface area (Å²) in [7, 11) is 1.85. The van der Waals surface area contributed by atoms with E-state index in [1.807, 2.05) is 14.0 Å². The summed E-state index contributed by atoms with van der Waals surface area (Å²) in [5.74, 6) is -0.0156. The van der Waals surface area contributed by atoms with Gasteiger partial charge in [-0.15, -0.1) is 12.4 Å². The van der Waals surface area contributed by atoms with Crippen LogP contribution in [0.4, 0.5) is 0 Å². The molecule has 0 aliphatic carbocycles. The van der Waals surface area contributed by atoms with Gasteiger partial charge in [-0.05, 0) is 31.2 Å². The van der Waals surface area contributed by atoms with Crippen molar-refractivity contribution in [2.24, 2.45) is 12.5 Å². The smallest absolute Gasteiger partial charge is 0.254 e. The van der Waals surface area contributed by atoms with Gasteiger partial charge in [0.05, 0.1) is 11.3 Å². The molecule has 0 saturated carbocycles. The quantitative estimate of drug-likeness (QED) is 0.892. The van der Waals surface area contributed by atoms with Crippen molar-refractivity contribution in [3.63, 3.8) is 0 Å². The standard InChI is InChI=1S/C15H26N4O.ClH/c1-5-12-11(10-19(4)18-12)14(20)17-9-13-15(2,3)7-6-8-16-13;/h10,13,16H,5-9H2,1-4H3,(H,17,20);1H. The molecular formula is C15H27ClN4O. The number of rotatable bonds is 4. The van der Waals surface area contributed by atoms with Crippen molar-refractivity contribution >= 4 is 18.3 Å². The lowest BCUT2D eigenvalue weighted by atomic mass is 9.77. The van der Waals surface area contributed by atoms with Crippen molar-refractivity contribution in [2.45, 2.75) is 46.1 Å². The zero-order valence-corrected chi connectivity index (χ0v) is 14.2. The fraction of sp³-hybridized carbons (Fsp3) is 0.733. The van der Waals surface area contributed by atoms with Crippen LogP contribution in [0.25, 0.3) is 0 Å². The Hall–Kier alpha value is -1.07. The maximum absolute atomic E-state index is 12.3. The number of halogens is 1. The molecule has 0 radical (unpaired) electrons. The molecule has 1 aromatic heterocycles. The lowest BCUT2D eigenvalue weighted by Gasteiger charge is -2.39. The first-order valence-corrected chi connectivity index (χ1v) is 7.48. The second-order valence-electron chi connectivity index (χ2n) is 6.33. The van der Waals surface area contributed by atoms with Crippen LogP contribution in [0.1, 0.15) is 49.7 Å². The number of carbonyl (C=O) groups excluding carboxylic acids is 1. The number of aromatic nitrogens is 2. The summed E-state index contributed by atoms with van der Waals surface area (Å²) in [6, 6.07) is 0.335. The lowest BCUT2D eigenvalue weighted by Crippen LogP contribution is -2.52. The summed E-state index contributed by atoms with van der Waals surface area (Å²) >= 11 is 0. The fourth-order valence-electron chi connectivity index (χ4n) is 2.89. The number of carbonyl (C=O) groups is 1. The normalized spacial score (nSPS) is 20.7. The van der Waals surface area contributed by atoms with Crippen molar-refractivity contribution in [2.75, 3.05) is 13.1 Å². The van der Waals surface area contributed by atoms with Crippen molar-refractivity contribution in [3.8, 4) is 0 Å². The summed E-state index contributed by atoms with van der Waals surface area (Å²) in [6.45, 7) is 8.25. The predicted octanol–water partition coefficient (Wildman–Crippen LogP) is 1.91. The summed E-state index contributed by atoms with van der Waals surface area (Å²) < 4.78 is 1.70. The van der Waals surface area contributed by atoms with Crippen molar-refractivity contribution in [1.82, 2.24) is 20.4 Å². The molecule has 1 amide bonds. The molecule has 1 aromatic rings. The highest BCUT2D eigenvalue weighted by molar-refractivity contribution is 5.95. The molecule has 1 aliphatic heterocycles. The highest BCUT2D eigenvalue weighted by atomic mass is 35.5. The molecule has 1 aliphatic rings. The number of nitrogens with one attached hydrogen (secondary N) is 2. The SMILES string of the molecule is CCc1nn(C)cc1C(=O)NCC1NCCCC1(C)C.Cl. The first-order valence-electron chi connectivity index (χ1n) is 7.48. The molecule has 1 atom stereocenters. The second kappa shape index (κ2) is 7.27. The zero-order chi connectivity index (χ0) is 14.8. The van der Waals surface area contributed by atoms with Gasteiger partial charge < -0.3 is 10.6 Å². The number of aryl methyl sites for hydroxylation is 2. The Morgan fingerprint density at radius 3 is 2.90 bits per heavy atom. The molecule has 6 heteroatoms. The van der Waals surface area contributed by atoms with E-state index in [0.717, 1.165) is 18.7 Å². The van der Waals surface area contributed by atoms with Gasteiger partial charge in [0.15, 0.2) is 0 Å². The molecule has 120 valence electrons. The van der Waals surface area contributed by atoms with E-state index in [2.05, 4.69) is 29.6 Å². The summed E-state index contributed by atoms with van der Waals surface area (Å²) in [5, 5.41) is 10.9. The van der Waals surface area contributed by atoms with Crippen molar-refractivity contribution in [1.29, 1.82) is 0 Å². The maximum atomic E-state index is 12.3. The van der Waals surface area contributed by atoms with E-state index in [9.17, 15) is 4.79 Å². The van der Waals surface area contributed by atoms with Crippen LogP contribution in [0.2, 0.25) is 0 Å². The van der Waals surface area contributed by atoms with Crippen LogP contribution in [0.3, 0.4) is 0 Å². The number of amides is 1. The highest BCUT2D eigenvalue weighted by Crippen LogP contribution is 2.29. The molecule has 0 bridgehead atoms. The third-order valence-corrected chi connectivity index (χ3v) is 4.28. The molecule has 0 spiro atoms. The van der Waals surface area contributed by atoms with Crippen LogP contribution in [-0.2, 0) is 13.5 Å². The lowest BCUT2D eigenvalue weighted by molar-refractivity contribution is 0.0928. The fourth-order valence-corrected chi connectivity index (χ4v) is 2.89. The van der Waals surface area contributed by atoms with Crippen LogP contribution < -0.4 is 10.6 Å².